The smallest absolute Gasteiger partial charge is 0.333 e. The molecule has 0 rings (SSSR count). The van der Waals surface area contributed by atoms with Crippen molar-refractivity contribution in [3.63, 3.8) is 0 Å². The van der Waals surface area contributed by atoms with Crippen LogP contribution in [0.15, 0.2) is 12.2 Å². The van der Waals surface area contributed by atoms with Gasteiger partial charge in [-0.3, -0.25) is 0 Å². The van der Waals surface area contributed by atoms with Gasteiger partial charge in [0.1, 0.15) is 0 Å². The summed E-state index contributed by atoms with van der Waals surface area (Å²) in [4.78, 5) is 13.5. The van der Waals surface area contributed by atoms with E-state index in [-0.39, 0.29) is 5.97 Å². The van der Waals surface area contributed by atoms with E-state index >= 15 is 0 Å². The van der Waals surface area contributed by atoms with Gasteiger partial charge in [-0.15, -0.1) is 0 Å². The van der Waals surface area contributed by atoms with Gasteiger partial charge in [0.2, 0.25) is 0 Å². The monoisotopic (exact) mass is 283 g/mol. The van der Waals surface area contributed by atoms with Gasteiger partial charge in [-0.05, 0) is 45.2 Å². The SMILES string of the molecule is C=C(C)C(=O)OCCC(C)CCCC(C)(C)CN(C)C. The average molecular weight is 283 g/mol. The first-order valence-corrected chi connectivity index (χ1v) is 7.61. The molecule has 0 saturated carbocycles. The molecule has 0 aromatic heterocycles. The molecule has 0 saturated heterocycles. The van der Waals surface area contributed by atoms with Gasteiger partial charge in [0.25, 0.3) is 0 Å². The van der Waals surface area contributed by atoms with E-state index in [4.69, 9.17) is 4.74 Å². The molecule has 3 nitrogen and oxygen atoms in total. The van der Waals surface area contributed by atoms with E-state index in [1.54, 1.807) is 6.92 Å². The lowest BCUT2D eigenvalue weighted by atomic mass is 9.85. The van der Waals surface area contributed by atoms with Crippen LogP contribution in [0.4, 0.5) is 0 Å². The molecule has 0 aliphatic heterocycles. The minimum atomic E-state index is -0.274. The number of ether oxygens (including phenoxy) is 1. The second kappa shape index (κ2) is 9.17. The van der Waals surface area contributed by atoms with E-state index in [0.717, 1.165) is 13.0 Å². The van der Waals surface area contributed by atoms with Crippen molar-refractivity contribution in [2.45, 2.75) is 53.4 Å². The second-order valence-electron chi connectivity index (χ2n) is 7.10. The molecular formula is C17H33NO2. The van der Waals surface area contributed by atoms with Crippen molar-refractivity contribution in [2.24, 2.45) is 11.3 Å². The Hall–Kier alpha value is -0.830. The van der Waals surface area contributed by atoms with E-state index < -0.39 is 0 Å². The summed E-state index contributed by atoms with van der Waals surface area (Å²) in [6, 6.07) is 0. The fraction of sp³-hybridized carbons (Fsp3) is 0.824. The maximum atomic E-state index is 11.2. The fourth-order valence-electron chi connectivity index (χ4n) is 2.48. The van der Waals surface area contributed by atoms with Crippen molar-refractivity contribution < 1.29 is 9.53 Å². The van der Waals surface area contributed by atoms with Crippen molar-refractivity contribution in [2.75, 3.05) is 27.2 Å². The maximum absolute atomic E-state index is 11.2. The fourth-order valence-corrected chi connectivity index (χ4v) is 2.48. The Morgan fingerprint density at radius 1 is 1.30 bits per heavy atom. The third-order valence-corrected chi connectivity index (χ3v) is 3.49. The Kier molecular flexibility index (Phi) is 8.79. The summed E-state index contributed by atoms with van der Waals surface area (Å²) < 4.78 is 5.13. The molecule has 0 N–H and O–H groups in total. The highest BCUT2D eigenvalue weighted by atomic mass is 16.5. The largest absolute Gasteiger partial charge is 0.462 e. The van der Waals surface area contributed by atoms with E-state index in [1.165, 1.54) is 19.3 Å². The molecule has 0 heterocycles. The van der Waals surface area contributed by atoms with E-state index in [2.05, 4.69) is 46.3 Å². The molecular weight excluding hydrogens is 250 g/mol. The topological polar surface area (TPSA) is 29.5 Å². The van der Waals surface area contributed by atoms with Crippen LogP contribution in [0.3, 0.4) is 0 Å². The Labute approximate surface area is 125 Å². The molecule has 0 amide bonds. The summed E-state index contributed by atoms with van der Waals surface area (Å²) in [6.45, 7) is 13.8. The van der Waals surface area contributed by atoms with Crippen molar-refractivity contribution >= 4 is 5.97 Å². The number of rotatable bonds is 10. The predicted octanol–water partition coefficient (Wildman–Crippen LogP) is 3.89. The molecule has 1 atom stereocenters. The quantitative estimate of drug-likeness (QED) is 0.450. The lowest BCUT2D eigenvalue weighted by Gasteiger charge is -2.28. The maximum Gasteiger partial charge on any atom is 0.333 e. The van der Waals surface area contributed by atoms with Crippen LogP contribution in [0.2, 0.25) is 0 Å². The number of carbonyl (C=O) groups excluding carboxylic acids is 1. The van der Waals surface area contributed by atoms with Gasteiger partial charge in [-0.2, -0.15) is 0 Å². The Morgan fingerprint density at radius 2 is 1.90 bits per heavy atom. The standard InChI is InChI=1S/C17H33NO2/c1-14(2)16(19)20-12-10-15(3)9-8-11-17(4,5)13-18(6)7/h15H,1,8-13H2,2-7H3. The summed E-state index contributed by atoms with van der Waals surface area (Å²) in [5.41, 5.74) is 0.846. The van der Waals surface area contributed by atoms with Crippen molar-refractivity contribution in [3.8, 4) is 0 Å². The summed E-state index contributed by atoms with van der Waals surface area (Å²) in [7, 11) is 4.25. The molecule has 0 aliphatic carbocycles. The van der Waals surface area contributed by atoms with Crippen LogP contribution in [0.5, 0.6) is 0 Å². The Balaban J connectivity index is 3.75. The minimum absolute atomic E-state index is 0.274. The molecule has 0 aromatic carbocycles. The predicted molar refractivity (Wildman–Crippen MR) is 85.7 cm³/mol. The summed E-state index contributed by atoms with van der Waals surface area (Å²) >= 11 is 0. The van der Waals surface area contributed by atoms with Gasteiger partial charge < -0.3 is 9.64 Å². The first-order valence-electron chi connectivity index (χ1n) is 7.61. The number of hydrogen-bond donors (Lipinski definition) is 0. The van der Waals surface area contributed by atoms with Crippen LogP contribution < -0.4 is 0 Å². The van der Waals surface area contributed by atoms with Gasteiger partial charge in [0, 0.05) is 12.1 Å². The second-order valence-corrected chi connectivity index (χ2v) is 7.10. The first kappa shape index (κ1) is 19.2. The number of hydrogen-bond acceptors (Lipinski definition) is 3. The lowest BCUT2D eigenvalue weighted by Crippen LogP contribution is -2.28. The third-order valence-electron chi connectivity index (χ3n) is 3.49. The molecule has 1 unspecified atom stereocenters. The zero-order valence-electron chi connectivity index (χ0n) is 14.3. The highest BCUT2D eigenvalue weighted by molar-refractivity contribution is 5.86. The van der Waals surface area contributed by atoms with Gasteiger partial charge in [-0.1, -0.05) is 40.2 Å². The molecule has 0 spiro atoms. The molecule has 0 aliphatic rings. The molecule has 3 heteroatoms. The first-order chi connectivity index (χ1) is 9.14. The van der Waals surface area contributed by atoms with E-state index in [0.29, 0.717) is 23.5 Å². The summed E-state index contributed by atoms with van der Waals surface area (Å²) in [6.07, 6.45) is 4.60. The normalized spacial score (nSPS) is 13.3. The molecule has 0 bridgehead atoms. The van der Waals surface area contributed by atoms with Gasteiger partial charge >= 0.3 is 5.97 Å². The number of nitrogens with zero attached hydrogens (tertiary/aromatic N) is 1. The van der Waals surface area contributed by atoms with Crippen molar-refractivity contribution in [1.82, 2.24) is 4.90 Å². The van der Waals surface area contributed by atoms with E-state index in [9.17, 15) is 4.79 Å². The van der Waals surface area contributed by atoms with Crippen LogP contribution in [-0.2, 0) is 9.53 Å². The number of carbonyl (C=O) groups is 1. The third kappa shape index (κ3) is 10.0. The van der Waals surface area contributed by atoms with Crippen LogP contribution >= 0.6 is 0 Å². The van der Waals surface area contributed by atoms with Crippen LogP contribution in [-0.4, -0.2) is 38.1 Å². The van der Waals surface area contributed by atoms with Crippen LogP contribution in [0.25, 0.3) is 0 Å². The zero-order valence-corrected chi connectivity index (χ0v) is 14.3. The Morgan fingerprint density at radius 3 is 2.40 bits per heavy atom. The van der Waals surface area contributed by atoms with Gasteiger partial charge in [-0.25, -0.2) is 4.79 Å². The minimum Gasteiger partial charge on any atom is -0.462 e. The molecule has 0 radical (unpaired) electrons. The summed E-state index contributed by atoms with van der Waals surface area (Å²) in [5.74, 6) is 0.326. The lowest BCUT2D eigenvalue weighted by molar-refractivity contribution is -0.139. The molecule has 20 heavy (non-hydrogen) atoms. The Bertz CT molecular complexity index is 308. The van der Waals surface area contributed by atoms with Crippen molar-refractivity contribution in [3.05, 3.63) is 12.2 Å². The van der Waals surface area contributed by atoms with Gasteiger partial charge in [0.05, 0.1) is 6.61 Å². The zero-order chi connectivity index (χ0) is 15.8. The summed E-state index contributed by atoms with van der Waals surface area (Å²) in [5, 5.41) is 0. The highest BCUT2D eigenvalue weighted by Crippen LogP contribution is 2.25. The highest BCUT2D eigenvalue weighted by Gasteiger charge is 2.18. The van der Waals surface area contributed by atoms with Crippen LogP contribution in [0, 0.1) is 11.3 Å². The van der Waals surface area contributed by atoms with Crippen LogP contribution in [0.1, 0.15) is 53.4 Å². The van der Waals surface area contributed by atoms with Crippen molar-refractivity contribution in [1.29, 1.82) is 0 Å². The molecule has 118 valence electrons. The molecule has 0 aromatic rings. The van der Waals surface area contributed by atoms with E-state index in [1.807, 2.05) is 0 Å². The average Bonchev–Trinajstić information content (AvgIpc) is 2.26. The van der Waals surface area contributed by atoms with Gasteiger partial charge in [0.15, 0.2) is 0 Å². The number of esters is 1. The molecule has 0 fully saturated rings.